The van der Waals surface area contributed by atoms with Gasteiger partial charge in [-0.2, -0.15) is 0 Å². The first-order valence-electron chi connectivity index (χ1n) is 11.5. The maximum absolute atomic E-state index is 13.9. The number of carboxylic acids is 1. The molecular formula is C29H22F2O5Si. The summed E-state index contributed by atoms with van der Waals surface area (Å²) in [5.74, 6) is -4.21. The van der Waals surface area contributed by atoms with Crippen LogP contribution in [0.25, 0.3) is 5.57 Å². The van der Waals surface area contributed by atoms with Gasteiger partial charge in [0.2, 0.25) is 0 Å². The molecule has 8 heteroatoms. The molecule has 0 atom stereocenters. The summed E-state index contributed by atoms with van der Waals surface area (Å²) in [4.78, 5) is 23.9. The number of rotatable bonds is 4. The van der Waals surface area contributed by atoms with Gasteiger partial charge in [-0.1, -0.05) is 31.3 Å². The number of phenols is 1. The molecule has 2 aliphatic rings. The van der Waals surface area contributed by atoms with Crippen LogP contribution >= 0.6 is 0 Å². The van der Waals surface area contributed by atoms with Gasteiger partial charge in [0, 0.05) is 12.1 Å². The number of hydrogen-bond donors (Lipinski definition) is 2. The molecule has 0 amide bonds. The lowest BCUT2D eigenvalue weighted by atomic mass is 9.87. The van der Waals surface area contributed by atoms with Crippen molar-refractivity contribution in [1.82, 2.24) is 0 Å². The van der Waals surface area contributed by atoms with Gasteiger partial charge in [0.1, 0.15) is 19.6 Å². The third-order valence-corrected chi connectivity index (χ3v) is 10.4. The number of fused-ring (bicyclic) bond motifs is 2. The average molecular weight is 517 g/mol. The molecule has 1 aliphatic carbocycles. The Hall–Kier alpha value is -4.30. The molecule has 0 unspecified atom stereocenters. The van der Waals surface area contributed by atoms with Crippen LogP contribution in [0.3, 0.4) is 0 Å². The molecule has 5 rings (SSSR count). The Balaban J connectivity index is 1.70. The molecule has 1 aliphatic heterocycles. The number of carboxylic acid groups (broad SMARTS) is 1. The maximum atomic E-state index is 13.9. The van der Waals surface area contributed by atoms with Crippen LogP contribution in [-0.2, 0) is 4.79 Å². The van der Waals surface area contributed by atoms with Crippen LogP contribution in [0.15, 0.2) is 77.5 Å². The summed E-state index contributed by atoms with van der Waals surface area (Å²) in [5.41, 5.74) is 4.51. The fraction of sp³-hybridized carbons (Fsp3) is 0.103. The molecule has 0 saturated carbocycles. The van der Waals surface area contributed by atoms with E-state index in [-0.39, 0.29) is 17.1 Å². The summed E-state index contributed by atoms with van der Waals surface area (Å²) in [6, 6.07) is 12.2. The quantitative estimate of drug-likeness (QED) is 0.428. The number of hydrogen-bond acceptors (Lipinski definition) is 4. The van der Waals surface area contributed by atoms with E-state index in [0.717, 1.165) is 50.4 Å². The van der Waals surface area contributed by atoms with Crippen LogP contribution in [0.5, 0.6) is 17.2 Å². The van der Waals surface area contributed by atoms with Crippen molar-refractivity contribution in [2.75, 3.05) is 0 Å². The van der Waals surface area contributed by atoms with Crippen LogP contribution < -0.4 is 9.92 Å². The van der Waals surface area contributed by atoms with Gasteiger partial charge in [0.05, 0.1) is 5.56 Å². The highest BCUT2D eigenvalue weighted by Gasteiger charge is 2.40. The minimum atomic E-state index is -2.45. The summed E-state index contributed by atoms with van der Waals surface area (Å²) < 4.78 is 33.5. The lowest BCUT2D eigenvalue weighted by Gasteiger charge is -2.38. The number of carbonyl (C=O) groups is 2. The molecule has 0 saturated heterocycles. The second-order valence-corrected chi connectivity index (χ2v) is 13.9. The van der Waals surface area contributed by atoms with E-state index in [1.165, 1.54) is 6.08 Å². The van der Waals surface area contributed by atoms with E-state index in [0.29, 0.717) is 5.75 Å². The normalized spacial score (nSPS) is 15.7. The van der Waals surface area contributed by atoms with Crippen molar-refractivity contribution in [1.29, 1.82) is 0 Å². The lowest BCUT2D eigenvalue weighted by molar-refractivity contribution is -0.110. The second kappa shape index (κ2) is 8.67. The number of aromatic hydroxyl groups is 1. The highest BCUT2D eigenvalue weighted by atomic mass is 28.3. The van der Waals surface area contributed by atoms with Crippen molar-refractivity contribution in [3.8, 4) is 17.2 Å². The highest BCUT2D eigenvalue weighted by molar-refractivity contribution is 6.98. The lowest BCUT2D eigenvalue weighted by Crippen LogP contribution is -2.49. The van der Waals surface area contributed by atoms with Gasteiger partial charge in [-0.25, -0.2) is 13.6 Å². The number of benzene rings is 3. The van der Waals surface area contributed by atoms with E-state index in [2.05, 4.69) is 13.1 Å². The van der Waals surface area contributed by atoms with Crippen LogP contribution in [0.4, 0.5) is 8.78 Å². The van der Waals surface area contributed by atoms with E-state index in [4.69, 9.17) is 4.74 Å². The molecule has 186 valence electrons. The van der Waals surface area contributed by atoms with Gasteiger partial charge in [0.15, 0.2) is 23.2 Å². The molecule has 0 aromatic heterocycles. The molecule has 37 heavy (non-hydrogen) atoms. The molecule has 3 aromatic carbocycles. The maximum Gasteiger partial charge on any atom is 0.335 e. The third-order valence-electron chi connectivity index (χ3n) is 6.84. The average Bonchev–Trinajstić information content (AvgIpc) is 2.84. The Morgan fingerprint density at radius 1 is 0.919 bits per heavy atom. The Labute approximate surface area is 212 Å². The third kappa shape index (κ3) is 4.09. The first-order chi connectivity index (χ1) is 17.5. The van der Waals surface area contributed by atoms with Crippen LogP contribution in [0, 0.1) is 18.6 Å². The zero-order valence-electron chi connectivity index (χ0n) is 20.2. The first-order valence-corrected chi connectivity index (χ1v) is 14.5. The Morgan fingerprint density at radius 2 is 1.59 bits per heavy atom. The number of aromatic carboxylic acids is 1. The number of aryl methyl sites for hydroxylation is 1. The highest BCUT2D eigenvalue weighted by Crippen LogP contribution is 2.43. The van der Waals surface area contributed by atoms with Crippen molar-refractivity contribution in [2.45, 2.75) is 20.0 Å². The van der Waals surface area contributed by atoms with Gasteiger partial charge in [0.25, 0.3) is 0 Å². The fourth-order valence-electron chi connectivity index (χ4n) is 4.98. The standard InChI is InChI=1S/C29H22F2O5Si/c1-15-10-16(29(34)35)4-7-20(15)27-21-8-5-17(32)11-25(21)37(2,3)26-14-18(6-9-22(26)27)36-19-12-23(30)28(33)24(31)13-19/h4-14,33H,1-3H3,(H,34,35). The zero-order valence-corrected chi connectivity index (χ0v) is 21.2. The van der Waals surface area contributed by atoms with Crippen molar-refractivity contribution in [3.63, 3.8) is 0 Å². The number of carbonyl (C=O) groups excluding carboxylic acids is 1. The smallest absolute Gasteiger partial charge is 0.335 e. The van der Waals surface area contributed by atoms with E-state index in [1.54, 1.807) is 30.3 Å². The molecular weight excluding hydrogens is 494 g/mol. The monoisotopic (exact) mass is 516 g/mol. The van der Waals surface area contributed by atoms with Crippen molar-refractivity contribution in [3.05, 3.63) is 111 Å². The van der Waals surface area contributed by atoms with Gasteiger partial charge in [-0.15, -0.1) is 0 Å². The van der Waals surface area contributed by atoms with Crippen LogP contribution in [0.2, 0.25) is 13.1 Å². The molecule has 0 bridgehead atoms. The topological polar surface area (TPSA) is 83.8 Å². The molecule has 0 fully saturated rings. The van der Waals surface area contributed by atoms with Gasteiger partial charge in [-0.05, 0) is 81.6 Å². The summed E-state index contributed by atoms with van der Waals surface area (Å²) in [6.45, 7) is 6.08. The molecule has 2 N–H and O–H groups in total. The minimum absolute atomic E-state index is 0.102. The van der Waals surface area contributed by atoms with Crippen molar-refractivity contribution in [2.24, 2.45) is 0 Å². The predicted octanol–water partition coefficient (Wildman–Crippen LogP) is 5.80. The van der Waals surface area contributed by atoms with Crippen molar-refractivity contribution >= 4 is 30.6 Å². The van der Waals surface area contributed by atoms with Crippen LogP contribution in [0.1, 0.15) is 27.0 Å². The van der Waals surface area contributed by atoms with Crippen LogP contribution in [-0.4, -0.2) is 30.0 Å². The molecule has 5 nitrogen and oxygen atoms in total. The second-order valence-electron chi connectivity index (χ2n) is 9.59. The van der Waals surface area contributed by atoms with Gasteiger partial charge in [-0.3, -0.25) is 4.79 Å². The molecule has 0 radical (unpaired) electrons. The number of halogens is 2. The Bertz CT molecular complexity index is 1590. The van der Waals surface area contributed by atoms with E-state index >= 15 is 0 Å². The van der Waals surface area contributed by atoms with E-state index < -0.39 is 31.4 Å². The minimum Gasteiger partial charge on any atom is -0.503 e. The summed E-state index contributed by atoms with van der Waals surface area (Å²) in [6.07, 6.45) is 5.01. The first kappa shape index (κ1) is 24.4. The number of ether oxygens (including phenoxy) is 1. The SMILES string of the molecule is Cc1cc(C(=O)O)ccc1C1=C2C=CC(=O)C=C2[Si](C)(C)c2cc(Oc3cc(F)c(O)c(F)c3)ccc21. The summed E-state index contributed by atoms with van der Waals surface area (Å²) >= 11 is 0. The van der Waals surface area contributed by atoms with E-state index in [9.17, 15) is 28.6 Å². The summed E-state index contributed by atoms with van der Waals surface area (Å²) in [5, 5.41) is 20.7. The van der Waals surface area contributed by atoms with Crippen molar-refractivity contribution < 1.29 is 33.3 Å². The Kier molecular flexibility index (Phi) is 5.72. The molecule has 0 spiro atoms. The number of allylic oxidation sites excluding steroid dienone is 5. The Morgan fingerprint density at radius 3 is 2.24 bits per heavy atom. The number of phenolic OH excluding ortho intramolecular Hbond substituents is 1. The van der Waals surface area contributed by atoms with Gasteiger partial charge < -0.3 is 14.9 Å². The molecule has 1 heterocycles. The van der Waals surface area contributed by atoms with E-state index in [1.807, 2.05) is 25.1 Å². The molecule has 3 aromatic rings. The summed E-state index contributed by atoms with van der Waals surface area (Å²) in [7, 11) is -2.45. The largest absolute Gasteiger partial charge is 0.503 e. The van der Waals surface area contributed by atoms with Gasteiger partial charge >= 0.3 is 5.97 Å². The predicted molar refractivity (Wildman–Crippen MR) is 138 cm³/mol. The number of ketones is 1. The zero-order chi connectivity index (χ0) is 26.6. The fourth-order valence-corrected chi connectivity index (χ4v) is 8.03.